The van der Waals surface area contributed by atoms with Crippen LogP contribution in [-0.4, -0.2) is 59.0 Å². The van der Waals surface area contributed by atoms with E-state index in [9.17, 15) is 28.0 Å². The molecule has 2 aromatic rings. The molecule has 0 bridgehead atoms. The summed E-state index contributed by atoms with van der Waals surface area (Å²) in [6, 6.07) is 6.66. The summed E-state index contributed by atoms with van der Waals surface area (Å²) in [5.74, 6) is -4.43. The number of hydrogen-bond donors (Lipinski definition) is 3. The molecule has 0 aromatic heterocycles. The fourth-order valence-electron chi connectivity index (χ4n) is 3.97. The number of rotatable bonds is 7. The topological polar surface area (TPSA) is 119 Å². The summed E-state index contributed by atoms with van der Waals surface area (Å²) in [4.78, 5) is 53.0. The number of benzene rings is 2. The van der Waals surface area contributed by atoms with Gasteiger partial charge < -0.3 is 15.7 Å². The van der Waals surface area contributed by atoms with E-state index in [0.29, 0.717) is 11.3 Å². The van der Waals surface area contributed by atoms with Crippen molar-refractivity contribution < 1.29 is 33.1 Å². The number of likely N-dealkylation sites (N-methyl/N-ethyl adjacent to an activating group) is 1. The van der Waals surface area contributed by atoms with Crippen molar-refractivity contribution in [1.29, 1.82) is 0 Å². The molecule has 36 heavy (non-hydrogen) atoms. The minimum atomic E-state index is -1.31. The van der Waals surface area contributed by atoms with Gasteiger partial charge in [0.1, 0.15) is 35.4 Å². The second-order valence-corrected chi connectivity index (χ2v) is 8.94. The molecule has 2 aromatic carbocycles. The Morgan fingerprint density at radius 2 is 1.64 bits per heavy atom. The number of amides is 4. The molecule has 0 aliphatic carbocycles. The van der Waals surface area contributed by atoms with E-state index in [4.69, 9.17) is 5.11 Å². The van der Waals surface area contributed by atoms with Gasteiger partial charge in [-0.1, -0.05) is 38.1 Å². The Balaban J connectivity index is 1.92. The lowest BCUT2D eigenvalue weighted by Gasteiger charge is -2.32. The maximum atomic E-state index is 14.2. The monoisotopic (exact) mass is 502 g/mol. The van der Waals surface area contributed by atoms with E-state index in [2.05, 4.69) is 10.6 Å². The van der Waals surface area contributed by atoms with E-state index in [0.717, 1.165) is 17.0 Å². The smallest absolute Gasteiger partial charge is 0.407 e. The van der Waals surface area contributed by atoms with Crippen LogP contribution in [0, 0.1) is 17.6 Å². The third kappa shape index (κ3) is 5.29. The van der Waals surface area contributed by atoms with Gasteiger partial charge in [0.15, 0.2) is 0 Å². The van der Waals surface area contributed by atoms with Crippen LogP contribution in [0.1, 0.15) is 26.3 Å². The van der Waals surface area contributed by atoms with Gasteiger partial charge in [-0.25, -0.2) is 13.6 Å². The van der Waals surface area contributed by atoms with Crippen LogP contribution in [0.5, 0.6) is 0 Å². The average Bonchev–Trinajstić information content (AvgIpc) is 3.22. The number of carboxylic acid groups (broad SMARTS) is 1. The number of carbonyl (C=O) groups excluding carboxylic acids is 3. The molecule has 11 heteroatoms. The number of fused-ring (bicyclic) bond motifs is 1. The van der Waals surface area contributed by atoms with Crippen LogP contribution in [-0.2, 0) is 20.8 Å². The van der Waals surface area contributed by atoms with Gasteiger partial charge >= 0.3 is 6.09 Å². The van der Waals surface area contributed by atoms with Crippen LogP contribution in [0.2, 0.25) is 0 Å². The molecular weight excluding hydrogens is 474 g/mol. The average molecular weight is 503 g/mol. The second-order valence-electron chi connectivity index (χ2n) is 8.94. The molecule has 0 radical (unpaired) electrons. The SMILES string of the molecule is CC(C)[C@H](NC(=O)[C@H](C)N(C)C(=O)O)C(=O)N1c2ccccc2C[C@H]1C(=O)Nc1c(F)cccc1F. The van der Waals surface area contributed by atoms with Gasteiger partial charge in [0.05, 0.1) is 0 Å². The standard InChI is InChI=1S/C25H28F2N4O5/c1-13(2)20(28-22(32)14(3)30(4)25(35)36)24(34)31-18-11-6-5-8-15(18)12-19(31)23(33)29-21-16(26)9-7-10-17(21)27/h5-11,13-14,19-20H,12H2,1-4H3,(H,28,32)(H,29,33)(H,35,36)/t14-,19-,20-/m0/s1. The van der Waals surface area contributed by atoms with Crippen LogP contribution in [0.3, 0.4) is 0 Å². The summed E-state index contributed by atoms with van der Waals surface area (Å²) in [5, 5.41) is 14.0. The molecule has 0 spiro atoms. The summed E-state index contributed by atoms with van der Waals surface area (Å²) in [6.07, 6.45) is -1.21. The van der Waals surface area contributed by atoms with Crippen LogP contribution in [0.25, 0.3) is 0 Å². The Morgan fingerprint density at radius 3 is 2.22 bits per heavy atom. The molecule has 0 saturated carbocycles. The van der Waals surface area contributed by atoms with Crippen molar-refractivity contribution in [3.05, 3.63) is 59.7 Å². The van der Waals surface area contributed by atoms with Crippen LogP contribution in [0.15, 0.2) is 42.5 Å². The largest absolute Gasteiger partial charge is 0.465 e. The van der Waals surface area contributed by atoms with Crippen molar-refractivity contribution in [2.24, 2.45) is 5.92 Å². The molecule has 3 N–H and O–H groups in total. The molecular formula is C25H28F2N4O5. The molecule has 3 atom stereocenters. The Morgan fingerprint density at radius 1 is 1.03 bits per heavy atom. The fourth-order valence-corrected chi connectivity index (χ4v) is 3.97. The van der Waals surface area contributed by atoms with Crippen LogP contribution < -0.4 is 15.5 Å². The molecule has 192 valence electrons. The quantitative estimate of drug-likeness (QED) is 0.538. The molecule has 9 nitrogen and oxygen atoms in total. The third-order valence-electron chi connectivity index (χ3n) is 6.22. The Hall–Kier alpha value is -4.02. The first kappa shape index (κ1) is 26.6. The zero-order valence-corrected chi connectivity index (χ0v) is 20.3. The van der Waals surface area contributed by atoms with Gasteiger partial charge in [0.25, 0.3) is 5.91 Å². The predicted molar refractivity (Wildman–Crippen MR) is 128 cm³/mol. The minimum absolute atomic E-state index is 0.0980. The van der Waals surface area contributed by atoms with Gasteiger partial charge in [0, 0.05) is 19.2 Å². The zero-order chi connectivity index (χ0) is 26.7. The van der Waals surface area contributed by atoms with Crippen molar-refractivity contribution in [3.63, 3.8) is 0 Å². The molecule has 0 saturated heterocycles. The Labute approximate surface area is 207 Å². The van der Waals surface area contributed by atoms with E-state index < -0.39 is 65.2 Å². The lowest BCUT2D eigenvalue weighted by atomic mass is 10.0. The molecule has 4 amide bonds. The fraction of sp³-hybridized carbons (Fsp3) is 0.360. The summed E-state index contributed by atoms with van der Waals surface area (Å²) >= 11 is 0. The van der Waals surface area contributed by atoms with Gasteiger partial charge in [0.2, 0.25) is 11.8 Å². The minimum Gasteiger partial charge on any atom is -0.465 e. The third-order valence-corrected chi connectivity index (χ3v) is 6.22. The second kappa shape index (κ2) is 10.7. The molecule has 3 rings (SSSR count). The molecule has 0 unspecified atom stereocenters. The number of para-hydroxylation sites is 2. The highest BCUT2D eigenvalue weighted by atomic mass is 19.1. The highest BCUT2D eigenvalue weighted by Crippen LogP contribution is 2.34. The van der Waals surface area contributed by atoms with Crippen molar-refractivity contribution >= 4 is 35.2 Å². The summed E-state index contributed by atoms with van der Waals surface area (Å²) < 4.78 is 28.3. The number of nitrogens with one attached hydrogen (secondary N) is 2. The number of nitrogens with zero attached hydrogens (tertiary/aromatic N) is 2. The molecule has 1 aliphatic rings. The molecule has 1 aliphatic heterocycles. The number of anilines is 2. The number of carbonyl (C=O) groups is 4. The molecule has 0 fully saturated rings. The van der Waals surface area contributed by atoms with E-state index in [1.807, 2.05) is 0 Å². The number of hydrogen-bond acceptors (Lipinski definition) is 4. The summed E-state index contributed by atoms with van der Waals surface area (Å²) in [5.41, 5.74) is 0.491. The Bertz CT molecular complexity index is 1170. The predicted octanol–water partition coefficient (Wildman–Crippen LogP) is 3.00. The summed E-state index contributed by atoms with van der Waals surface area (Å²) in [7, 11) is 1.23. The lowest BCUT2D eigenvalue weighted by molar-refractivity contribution is -0.131. The molecule has 1 heterocycles. The van der Waals surface area contributed by atoms with Crippen LogP contribution >= 0.6 is 0 Å². The number of halogens is 2. The van der Waals surface area contributed by atoms with Gasteiger partial charge in [-0.3, -0.25) is 24.2 Å². The van der Waals surface area contributed by atoms with E-state index in [-0.39, 0.29) is 6.42 Å². The van der Waals surface area contributed by atoms with Gasteiger partial charge in [-0.15, -0.1) is 0 Å². The first-order chi connectivity index (χ1) is 16.9. The maximum absolute atomic E-state index is 14.2. The first-order valence-corrected chi connectivity index (χ1v) is 11.4. The zero-order valence-electron chi connectivity index (χ0n) is 20.3. The normalized spacial score (nSPS) is 16.2. The highest BCUT2D eigenvalue weighted by Gasteiger charge is 2.42. The van der Waals surface area contributed by atoms with E-state index >= 15 is 0 Å². The van der Waals surface area contributed by atoms with Gasteiger partial charge in [-0.05, 0) is 36.6 Å². The highest BCUT2D eigenvalue weighted by molar-refractivity contribution is 6.09. The van der Waals surface area contributed by atoms with Crippen molar-refractivity contribution in [2.45, 2.75) is 45.3 Å². The van der Waals surface area contributed by atoms with Crippen LogP contribution in [0.4, 0.5) is 25.0 Å². The first-order valence-electron chi connectivity index (χ1n) is 11.4. The van der Waals surface area contributed by atoms with E-state index in [1.165, 1.54) is 24.9 Å². The van der Waals surface area contributed by atoms with Crippen molar-refractivity contribution in [3.8, 4) is 0 Å². The lowest BCUT2D eigenvalue weighted by Crippen LogP contribution is -2.58. The van der Waals surface area contributed by atoms with Crippen molar-refractivity contribution in [2.75, 3.05) is 17.3 Å². The Kier molecular flexibility index (Phi) is 7.91. The summed E-state index contributed by atoms with van der Waals surface area (Å²) in [6.45, 7) is 4.77. The van der Waals surface area contributed by atoms with Crippen molar-refractivity contribution in [1.82, 2.24) is 10.2 Å². The van der Waals surface area contributed by atoms with Gasteiger partial charge in [-0.2, -0.15) is 0 Å². The maximum Gasteiger partial charge on any atom is 0.407 e. The van der Waals surface area contributed by atoms with E-state index in [1.54, 1.807) is 38.1 Å².